The summed E-state index contributed by atoms with van der Waals surface area (Å²) in [5.41, 5.74) is 1.42. The summed E-state index contributed by atoms with van der Waals surface area (Å²) in [6, 6.07) is 14.8. The highest BCUT2D eigenvalue weighted by Gasteiger charge is 2.37. The fourth-order valence-electron chi connectivity index (χ4n) is 5.06. The van der Waals surface area contributed by atoms with Gasteiger partial charge in [0, 0.05) is 25.2 Å². The second-order valence-corrected chi connectivity index (χ2v) is 14.0. The summed E-state index contributed by atoms with van der Waals surface area (Å²) in [6.07, 6.45) is 0.536. The Kier molecular flexibility index (Phi) is 13.6. The van der Waals surface area contributed by atoms with E-state index in [2.05, 4.69) is 31.4 Å². The van der Waals surface area contributed by atoms with Crippen molar-refractivity contribution in [3.63, 3.8) is 0 Å². The van der Waals surface area contributed by atoms with E-state index in [9.17, 15) is 33.9 Å². The minimum absolute atomic E-state index is 0.0532. The van der Waals surface area contributed by atoms with Crippen molar-refractivity contribution < 1.29 is 33.9 Å². The topological polar surface area (TPSA) is 147 Å². The molecule has 0 aliphatic rings. The number of hydrogen-bond donors (Lipinski definition) is 3. The van der Waals surface area contributed by atoms with E-state index in [0.717, 1.165) is 16.7 Å². The Labute approximate surface area is 272 Å². The van der Waals surface area contributed by atoms with E-state index in [1.807, 2.05) is 61.5 Å². The van der Waals surface area contributed by atoms with Crippen molar-refractivity contribution in [3.8, 4) is 0 Å². The number of carbonyl (C=O) groups is 6. The summed E-state index contributed by atoms with van der Waals surface area (Å²) in [4.78, 5) is 77.4. The van der Waals surface area contributed by atoms with Gasteiger partial charge in [0.25, 0.3) is 5.91 Å². The molecule has 9 heteroatoms. The molecule has 0 radical (unpaired) electrons. The zero-order valence-corrected chi connectivity index (χ0v) is 28.4. The Morgan fingerprint density at radius 1 is 0.804 bits per heavy atom. The lowest BCUT2D eigenvalue weighted by Gasteiger charge is -2.27. The molecule has 2 aromatic rings. The molecule has 0 heterocycles. The molecule has 0 spiro atoms. The molecule has 0 saturated carbocycles. The Morgan fingerprint density at radius 2 is 1.39 bits per heavy atom. The Bertz CT molecular complexity index is 1390. The van der Waals surface area contributed by atoms with Gasteiger partial charge < -0.3 is 15.7 Å². The Balaban J connectivity index is 2.20. The van der Waals surface area contributed by atoms with E-state index in [4.69, 9.17) is 0 Å². The van der Waals surface area contributed by atoms with Crippen LogP contribution in [0.3, 0.4) is 0 Å². The highest BCUT2D eigenvalue weighted by molar-refractivity contribution is 6.38. The number of Topliss-reactive ketones (excluding diaryl/α,β-unsaturated/α-hetero) is 3. The number of aliphatic carboxylic acids is 1. The van der Waals surface area contributed by atoms with Gasteiger partial charge >= 0.3 is 5.97 Å². The van der Waals surface area contributed by atoms with E-state index in [1.54, 1.807) is 6.92 Å². The van der Waals surface area contributed by atoms with E-state index >= 15 is 0 Å². The quantitative estimate of drug-likeness (QED) is 0.207. The fourth-order valence-corrected chi connectivity index (χ4v) is 5.06. The molecule has 4 atom stereocenters. The first kappa shape index (κ1) is 38.0. The zero-order valence-electron chi connectivity index (χ0n) is 28.4. The Morgan fingerprint density at radius 3 is 1.91 bits per heavy atom. The minimum atomic E-state index is -1.35. The van der Waals surface area contributed by atoms with Crippen LogP contribution in [-0.2, 0) is 47.0 Å². The first-order valence-electron chi connectivity index (χ1n) is 15.9. The second-order valence-electron chi connectivity index (χ2n) is 14.0. The molecule has 0 saturated heterocycles. The SMILES string of the molecule is CC[C@H](C)C(NC(=O)C(=O)C(C)NC(=O)[C@@H](CC(=O)Cc1ccccc1)Cc1ccc(C(C)(C)C)cc1)C(=O)CC(C)(C)C(=O)O. The number of carboxylic acid groups (broad SMARTS) is 1. The predicted octanol–water partition coefficient (Wildman–Crippen LogP) is 5.02. The first-order chi connectivity index (χ1) is 21.3. The molecule has 46 heavy (non-hydrogen) atoms. The van der Waals surface area contributed by atoms with Gasteiger partial charge in [0.15, 0.2) is 5.78 Å². The van der Waals surface area contributed by atoms with Crippen molar-refractivity contribution in [1.82, 2.24) is 10.6 Å². The molecule has 0 aliphatic heterocycles. The minimum Gasteiger partial charge on any atom is -0.481 e. The largest absolute Gasteiger partial charge is 0.481 e. The summed E-state index contributed by atoms with van der Waals surface area (Å²) in [5, 5.41) is 14.6. The van der Waals surface area contributed by atoms with Gasteiger partial charge in [0.1, 0.15) is 5.78 Å². The maximum absolute atomic E-state index is 13.5. The number of rotatable bonds is 17. The fraction of sp³-hybridized carbons (Fsp3) is 0.514. The van der Waals surface area contributed by atoms with Gasteiger partial charge in [-0.2, -0.15) is 0 Å². The third kappa shape index (κ3) is 11.3. The summed E-state index contributed by atoms with van der Waals surface area (Å²) >= 11 is 0. The molecule has 2 unspecified atom stereocenters. The molecule has 2 rings (SSSR count). The maximum Gasteiger partial charge on any atom is 0.309 e. The van der Waals surface area contributed by atoms with Crippen LogP contribution in [-0.4, -0.2) is 52.3 Å². The van der Waals surface area contributed by atoms with Gasteiger partial charge in [0.05, 0.1) is 17.5 Å². The molecule has 0 fully saturated rings. The smallest absolute Gasteiger partial charge is 0.309 e. The van der Waals surface area contributed by atoms with Gasteiger partial charge in [-0.1, -0.05) is 95.6 Å². The normalized spacial score (nSPS) is 14.3. The number of nitrogens with one attached hydrogen (secondary N) is 2. The number of ketones is 3. The molecule has 0 bridgehead atoms. The van der Waals surface area contributed by atoms with Crippen LogP contribution >= 0.6 is 0 Å². The molecule has 9 nitrogen and oxygen atoms in total. The van der Waals surface area contributed by atoms with Gasteiger partial charge in [0.2, 0.25) is 11.7 Å². The predicted molar refractivity (Wildman–Crippen MR) is 177 cm³/mol. The molecule has 2 aromatic carbocycles. The van der Waals surface area contributed by atoms with Crippen molar-refractivity contribution >= 4 is 35.1 Å². The van der Waals surface area contributed by atoms with Crippen molar-refractivity contribution in [2.75, 3.05) is 0 Å². The van der Waals surface area contributed by atoms with Crippen molar-refractivity contribution in [2.24, 2.45) is 17.3 Å². The monoisotopic (exact) mass is 634 g/mol. The van der Waals surface area contributed by atoms with Crippen LogP contribution in [0.15, 0.2) is 54.6 Å². The summed E-state index contributed by atoms with van der Waals surface area (Å²) in [6.45, 7) is 14.1. The van der Waals surface area contributed by atoms with E-state index in [-0.39, 0.29) is 42.8 Å². The number of amides is 2. The molecule has 3 N–H and O–H groups in total. The molecule has 2 amide bonds. The average Bonchev–Trinajstić information content (AvgIpc) is 2.98. The van der Waals surface area contributed by atoms with Gasteiger partial charge in [-0.25, -0.2) is 0 Å². The van der Waals surface area contributed by atoms with Crippen LogP contribution < -0.4 is 10.6 Å². The van der Waals surface area contributed by atoms with Crippen molar-refractivity contribution in [3.05, 3.63) is 71.3 Å². The number of benzene rings is 2. The van der Waals surface area contributed by atoms with Gasteiger partial charge in [-0.3, -0.25) is 28.8 Å². The third-order valence-electron chi connectivity index (χ3n) is 8.41. The van der Waals surface area contributed by atoms with Crippen LogP contribution in [0.5, 0.6) is 0 Å². The van der Waals surface area contributed by atoms with E-state index in [0.29, 0.717) is 6.42 Å². The van der Waals surface area contributed by atoms with Crippen LogP contribution in [0, 0.1) is 17.3 Å². The number of carboxylic acids is 1. The molecule has 250 valence electrons. The van der Waals surface area contributed by atoms with E-state index in [1.165, 1.54) is 20.8 Å². The molecule has 0 aromatic heterocycles. The molecular weight excluding hydrogens is 584 g/mol. The highest BCUT2D eigenvalue weighted by atomic mass is 16.4. The van der Waals surface area contributed by atoms with Crippen molar-refractivity contribution in [2.45, 2.75) is 105 Å². The highest BCUT2D eigenvalue weighted by Crippen LogP contribution is 2.25. The van der Waals surface area contributed by atoms with Crippen molar-refractivity contribution in [1.29, 1.82) is 0 Å². The maximum atomic E-state index is 13.5. The lowest BCUT2D eigenvalue weighted by atomic mass is 9.82. The second kappa shape index (κ2) is 16.4. The third-order valence-corrected chi connectivity index (χ3v) is 8.41. The van der Waals surface area contributed by atoms with Crippen LogP contribution in [0.2, 0.25) is 0 Å². The molecule has 0 aliphatic carbocycles. The molecular formula is C37H50N2O7. The lowest BCUT2D eigenvalue weighted by Crippen LogP contribution is -2.53. The number of hydrogen-bond acceptors (Lipinski definition) is 6. The van der Waals surface area contributed by atoms with Gasteiger partial charge in [-0.15, -0.1) is 0 Å². The average molecular weight is 635 g/mol. The van der Waals surface area contributed by atoms with Crippen LogP contribution in [0.1, 0.15) is 91.3 Å². The van der Waals surface area contributed by atoms with Crippen LogP contribution in [0.25, 0.3) is 0 Å². The van der Waals surface area contributed by atoms with Crippen LogP contribution in [0.4, 0.5) is 0 Å². The van der Waals surface area contributed by atoms with E-state index < -0.39 is 52.8 Å². The summed E-state index contributed by atoms with van der Waals surface area (Å²) < 4.78 is 0. The Hall–Kier alpha value is -4.14. The first-order valence-corrected chi connectivity index (χ1v) is 15.9. The summed E-state index contributed by atoms with van der Waals surface area (Å²) in [7, 11) is 0. The zero-order chi connectivity index (χ0) is 34.8. The number of carbonyl (C=O) groups excluding carboxylic acids is 5. The van der Waals surface area contributed by atoms with Gasteiger partial charge in [-0.05, 0) is 55.2 Å². The lowest BCUT2D eigenvalue weighted by molar-refractivity contribution is -0.150. The summed E-state index contributed by atoms with van der Waals surface area (Å²) in [5.74, 6) is -5.45. The standard InChI is InChI=1S/C37H50N2O7/c1-9-23(2)31(30(41)22-37(7,8)35(45)46)39-34(44)32(42)24(3)38-33(43)27(21-29(40)20-25-13-11-10-12-14-25)19-26-15-17-28(18-16-26)36(4,5)6/h10-18,23-24,27,31H,9,19-22H2,1-8H3,(H,38,43)(H,39,44)(H,45,46)/t23-,24?,27+,31?/m0/s1.